The lowest BCUT2D eigenvalue weighted by Gasteiger charge is -2.05. The topological polar surface area (TPSA) is 34.2 Å². The Morgan fingerprint density at radius 1 is 0.944 bits per heavy atom. The summed E-state index contributed by atoms with van der Waals surface area (Å²) in [6.45, 7) is 2.09. The standard InChI is InChI=1S/C15H15NO2/c1-9-4-5-13-11(6-9)12-7-10(17-2)8-14(18-3)15(12)16-13/h4-8,16H,1-3H3. The Kier molecular flexibility index (Phi) is 2.40. The van der Waals surface area contributed by atoms with Gasteiger partial charge in [0, 0.05) is 22.4 Å². The van der Waals surface area contributed by atoms with Gasteiger partial charge in [0.15, 0.2) is 0 Å². The van der Waals surface area contributed by atoms with Gasteiger partial charge in [-0.25, -0.2) is 0 Å². The van der Waals surface area contributed by atoms with Crippen LogP contribution in [0.15, 0.2) is 30.3 Å². The van der Waals surface area contributed by atoms with Crippen LogP contribution in [0.25, 0.3) is 21.8 Å². The lowest BCUT2D eigenvalue weighted by Crippen LogP contribution is -1.87. The normalized spacial score (nSPS) is 11.1. The van der Waals surface area contributed by atoms with Gasteiger partial charge in [0.1, 0.15) is 11.5 Å². The second-order valence-corrected chi connectivity index (χ2v) is 4.43. The highest BCUT2D eigenvalue weighted by atomic mass is 16.5. The fourth-order valence-corrected chi connectivity index (χ4v) is 2.33. The number of nitrogens with one attached hydrogen (secondary N) is 1. The summed E-state index contributed by atoms with van der Waals surface area (Å²) in [5, 5.41) is 2.33. The summed E-state index contributed by atoms with van der Waals surface area (Å²) in [6, 6.07) is 10.3. The minimum absolute atomic E-state index is 0.804. The van der Waals surface area contributed by atoms with Gasteiger partial charge in [0.05, 0.1) is 19.7 Å². The first-order chi connectivity index (χ1) is 8.72. The molecule has 0 saturated carbocycles. The molecule has 0 saturated heterocycles. The van der Waals surface area contributed by atoms with Crippen molar-refractivity contribution in [3.63, 3.8) is 0 Å². The van der Waals surface area contributed by atoms with Crippen LogP contribution in [0.4, 0.5) is 0 Å². The van der Waals surface area contributed by atoms with Gasteiger partial charge >= 0.3 is 0 Å². The maximum Gasteiger partial charge on any atom is 0.146 e. The van der Waals surface area contributed by atoms with Crippen LogP contribution in [-0.4, -0.2) is 19.2 Å². The van der Waals surface area contributed by atoms with E-state index in [1.807, 2.05) is 12.1 Å². The van der Waals surface area contributed by atoms with Crippen molar-refractivity contribution in [1.82, 2.24) is 4.98 Å². The van der Waals surface area contributed by atoms with Crippen molar-refractivity contribution < 1.29 is 9.47 Å². The third-order valence-electron chi connectivity index (χ3n) is 3.26. The summed E-state index contributed by atoms with van der Waals surface area (Å²) in [6.07, 6.45) is 0. The van der Waals surface area contributed by atoms with Crippen LogP contribution in [-0.2, 0) is 0 Å². The number of aromatic amines is 1. The average Bonchev–Trinajstić information content (AvgIpc) is 2.75. The van der Waals surface area contributed by atoms with Gasteiger partial charge in [0.25, 0.3) is 0 Å². The maximum absolute atomic E-state index is 5.42. The van der Waals surface area contributed by atoms with Crippen LogP contribution in [0.1, 0.15) is 5.56 Å². The van der Waals surface area contributed by atoms with Crippen molar-refractivity contribution in [1.29, 1.82) is 0 Å². The van der Waals surface area contributed by atoms with E-state index >= 15 is 0 Å². The van der Waals surface area contributed by atoms with E-state index < -0.39 is 0 Å². The molecule has 0 amide bonds. The number of benzene rings is 2. The summed E-state index contributed by atoms with van der Waals surface area (Å²) in [5.74, 6) is 1.61. The number of H-pyrrole nitrogens is 1. The highest BCUT2D eigenvalue weighted by molar-refractivity contribution is 6.09. The summed E-state index contributed by atoms with van der Waals surface area (Å²) >= 11 is 0. The van der Waals surface area contributed by atoms with E-state index in [1.54, 1.807) is 14.2 Å². The lowest BCUT2D eigenvalue weighted by molar-refractivity contribution is 0.397. The second-order valence-electron chi connectivity index (χ2n) is 4.43. The van der Waals surface area contributed by atoms with E-state index in [1.165, 1.54) is 10.9 Å². The molecule has 3 heteroatoms. The predicted molar refractivity (Wildman–Crippen MR) is 73.6 cm³/mol. The molecular formula is C15H15NO2. The van der Waals surface area contributed by atoms with Crippen LogP contribution in [0.5, 0.6) is 11.5 Å². The third kappa shape index (κ3) is 1.51. The molecule has 92 valence electrons. The van der Waals surface area contributed by atoms with E-state index in [9.17, 15) is 0 Å². The molecule has 0 atom stereocenters. The van der Waals surface area contributed by atoms with Crippen LogP contribution in [0.3, 0.4) is 0 Å². The van der Waals surface area contributed by atoms with Crippen molar-refractivity contribution >= 4 is 21.8 Å². The molecule has 0 unspecified atom stereocenters. The molecule has 3 rings (SSSR count). The Morgan fingerprint density at radius 3 is 2.50 bits per heavy atom. The highest BCUT2D eigenvalue weighted by Gasteiger charge is 2.11. The van der Waals surface area contributed by atoms with E-state index in [-0.39, 0.29) is 0 Å². The molecule has 2 aromatic carbocycles. The van der Waals surface area contributed by atoms with Crippen molar-refractivity contribution in [2.45, 2.75) is 6.92 Å². The number of methoxy groups -OCH3 is 2. The average molecular weight is 241 g/mol. The fourth-order valence-electron chi connectivity index (χ4n) is 2.33. The van der Waals surface area contributed by atoms with Crippen LogP contribution in [0, 0.1) is 6.92 Å². The third-order valence-corrected chi connectivity index (χ3v) is 3.26. The van der Waals surface area contributed by atoms with Crippen molar-refractivity contribution in [3.05, 3.63) is 35.9 Å². The zero-order valence-corrected chi connectivity index (χ0v) is 10.7. The summed E-state index contributed by atoms with van der Waals surface area (Å²) in [7, 11) is 3.34. The Labute approximate surface area is 105 Å². The SMILES string of the molecule is COc1cc(OC)c2[nH]c3ccc(C)cc3c2c1. The number of ether oxygens (including phenoxy) is 2. The number of hydrogen-bond acceptors (Lipinski definition) is 2. The molecular weight excluding hydrogens is 226 g/mol. The molecule has 0 aliphatic rings. The Balaban J connectivity index is 2.46. The molecule has 0 aliphatic carbocycles. The number of aromatic nitrogens is 1. The minimum atomic E-state index is 0.804. The number of rotatable bonds is 2. The summed E-state index contributed by atoms with van der Waals surface area (Å²) in [5.41, 5.74) is 3.37. The smallest absolute Gasteiger partial charge is 0.146 e. The predicted octanol–water partition coefficient (Wildman–Crippen LogP) is 3.65. The van der Waals surface area contributed by atoms with E-state index in [2.05, 4.69) is 30.1 Å². The Hall–Kier alpha value is -2.16. The molecule has 0 aliphatic heterocycles. The van der Waals surface area contributed by atoms with E-state index in [4.69, 9.17) is 9.47 Å². The first-order valence-electron chi connectivity index (χ1n) is 5.87. The Morgan fingerprint density at radius 2 is 1.78 bits per heavy atom. The van der Waals surface area contributed by atoms with Crippen molar-refractivity contribution in [2.75, 3.05) is 14.2 Å². The molecule has 18 heavy (non-hydrogen) atoms. The molecule has 1 aromatic heterocycles. The maximum atomic E-state index is 5.42. The number of hydrogen-bond donors (Lipinski definition) is 1. The van der Waals surface area contributed by atoms with Gasteiger partial charge in [-0.3, -0.25) is 0 Å². The van der Waals surface area contributed by atoms with Crippen LogP contribution < -0.4 is 9.47 Å². The molecule has 3 aromatic rings. The van der Waals surface area contributed by atoms with Crippen LogP contribution >= 0.6 is 0 Å². The molecule has 1 N–H and O–H groups in total. The Bertz CT molecular complexity index is 728. The quantitative estimate of drug-likeness (QED) is 0.743. The van der Waals surface area contributed by atoms with Gasteiger partial charge in [-0.05, 0) is 25.1 Å². The fraction of sp³-hybridized carbons (Fsp3) is 0.200. The molecule has 0 bridgehead atoms. The van der Waals surface area contributed by atoms with Crippen LogP contribution in [0.2, 0.25) is 0 Å². The van der Waals surface area contributed by atoms with Crippen molar-refractivity contribution in [3.8, 4) is 11.5 Å². The number of fused-ring (bicyclic) bond motifs is 3. The van der Waals surface area contributed by atoms with Crippen molar-refractivity contribution in [2.24, 2.45) is 0 Å². The summed E-state index contributed by atoms with van der Waals surface area (Å²) in [4.78, 5) is 3.40. The molecule has 0 fully saturated rings. The van der Waals surface area contributed by atoms with E-state index in [0.717, 1.165) is 27.9 Å². The summed E-state index contributed by atoms with van der Waals surface area (Å²) < 4.78 is 10.7. The highest BCUT2D eigenvalue weighted by Crippen LogP contribution is 2.35. The molecule has 0 spiro atoms. The van der Waals surface area contributed by atoms with E-state index in [0.29, 0.717) is 0 Å². The first-order valence-corrected chi connectivity index (χ1v) is 5.87. The largest absolute Gasteiger partial charge is 0.497 e. The van der Waals surface area contributed by atoms with Gasteiger partial charge in [0.2, 0.25) is 0 Å². The monoisotopic (exact) mass is 241 g/mol. The number of aryl methyl sites for hydroxylation is 1. The van der Waals surface area contributed by atoms with Gasteiger partial charge in [-0.1, -0.05) is 11.6 Å². The molecule has 0 radical (unpaired) electrons. The molecule has 3 nitrogen and oxygen atoms in total. The molecule has 1 heterocycles. The van der Waals surface area contributed by atoms with Gasteiger partial charge in [-0.15, -0.1) is 0 Å². The zero-order chi connectivity index (χ0) is 12.7. The van der Waals surface area contributed by atoms with Gasteiger partial charge < -0.3 is 14.5 Å². The zero-order valence-electron chi connectivity index (χ0n) is 10.7. The second kappa shape index (κ2) is 3.95. The van der Waals surface area contributed by atoms with Gasteiger partial charge in [-0.2, -0.15) is 0 Å². The minimum Gasteiger partial charge on any atom is -0.497 e. The first kappa shape index (κ1) is 11.0. The lowest BCUT2D eigenvalue weighted by atomic mass is 10.1.